The Kier molecular flexibility index (Phi) is 5.28. The maximum atomic E-state index is 13.2. The summed E-state index contributed by atoms with van der Waals surface area (Å²) in [5.41, 5.74) is 7.74. The van der Waals surface area contributed by atoms with Crippen molar-refractivity contribution in [2.24, 2.45) is 5.73 Å². The summed E-state index contributed by atoms with van der Waals surface area (Å²) < 4.78 is 23.9. The van der Waals surface area contributed by atoms with E-state index < -0.39 is 11.7 Å². The molecule has 134 valence electrons. The number of halogens is 1. The molecule has 7 heteroatoms. The van der Waals surface area contributed by atoms with E-state index in [1.165, 1.54) is 12.1 Å². The third-order valence-corrected chi connectivity index (χ3v) is 3.80. The molecule has 0 spiro atoms. The summed E-state index contributed by atoms with van der Waals surface area (Å²) >= 11 is 0. The van der Waals surface area contributed by atoms with E-state index >= 15 is 0 Å². The Morgan fingerprint density at radius 1 is 1.27 bits per heavy atom. The summed E-state index contributed by atoms with van der Waals surface area (Å²) in [6.45, 7) is 2.09. The Morgan fingerprint density at radius 3 is 2.85 bits per heavy atom. The van der Waals surface area contributed by atoms with E-state index in [9.17, 15) is 9.18 Å². The van der Waals surface area contributed by atoms with Crippen LogP contribution in [-0.4, -0.2) is 11.1 Å². The zero-order valence-corrected chi connectivity index (χ0v) is 14.2. The lowest BCUT2D eigenvalue weighted by atomic mass is 10.1. The van der Waals surface area contributed by atoms with E-state index in [1.54, 1.807) is 37.3 Å². The highest BCUT2D eigenvalue weighted by molar-refractivity contribution is 6.03. The standard InChI is InChI=1S/C19H18FN3O3/c1-12-17(11-25-16-7-3-5-14(20)9-16)18(23-26-12)19(24)22-15-6-2-4-13(8-15)10-21/h2-9H,10-11,21H2,1H3,(H,22,24). The van der Waals surface area contributed by atoms with E-state index in [2.05, 4.69) is 10.5 Å². The average Bonchev–Trinajstić information content (AvgIpc) is 3.01. The van der Waals surface area contributed by atoms with Gasteiger partial charge in [0.25, 0.3) is 5.91 Å². The van der Waals surface area contributed by atoms with E-state index in [0.717, 1.165) is 5.56 Å². The zero-order chi connectivity index (χ0) is 18.5. The molecular formula is C19H18FN3O3. The molecule has 0 aliphatic heterocycles. The Hall–Kier alpha value is -3.19. The average molecular weight is 355 g/mol. The Labute approximate surface area is 149 Å². The first kappa shape index (κ1) is 17.6. The lowest BCUT2D eigenvalue weighted by Crippen LogP contribution is -2.15. The number of nitrogens with zero attached hydrogens (tertiary/aromatic N) is 1. The van der Waals surface area contributed by atoms with Crippen molar-refractivity contribution < 1.29 is 18.4 Å². The summed E-state index contributed by atoms with van der Waals surface area (Å²) in [7, 11) is 0. The summed E-state index contributed by atoms with van der Waals surface area (Å²) in [5, 5.41) is 6.58. The number of carbonyl (C=O) groups is 1. The Morgan fingerprint density at radius 2 is 2.08 bits per heavy atom. The molecule has 1 amide bonds. The molecule has 0 saturated carbocycles. The van der Waals surface area contributed by atoms with Crippen molar-refractivity contribution in [3.63, 3.8) is 0 Å². The molecule has 3 aromatic rings. The molecule has 3 N–H and O–H groups in total. The number of hydrogen-bond acceptors (Lipinski definition) is 5. The van der Waals surface area contributed by atoms with E-state index in [4.69, 9.17) is 15.0 Å². The number of hydrogen-bond donors (Lipinski definition) is 2. The Balaban J connectivity index is 1.75. The van der Waals surface area contributed by atoms with Gasteiger partial charge >= 0.3 is 0 Å². The van der Waals surface area contributed by atoms with Crippen LogP contribution in [0, 0.1) is 12.7 Å². The van der Waals surface area contributed by atoms with Crippen LogP contribution in [0.4, 0.5) is 10.1 Å². The SMILES string of the molecule is Cc1onc(C(=O)Nc2cccc(CN)c2)c1COc1cccc(F)c1. The van der Waals surface area contributed by atoms with Crippen LogP contribution in [0.25, 0.3) is 0 Å². The predicted octanol–water partition coefficient (Wildman–Crippen LogP) is 3.41. The van der Waals surface area contributed by atoms with Crippen molar-refractivity contribution in [1.82, 2.24) is 5.16 Å². The lowest BCUT2D eigenvalue weighted by Gasteiger charge is -2.08. The van der Waals surface area contributed by atoms with Crippen molar-refractivity contribution in [2.75, 3.05) is 5.32 Å². The van der Waals surface area contributed by atoms with Gasteiger partial charge in [-0.2, -0.15) is 0 Å². The van der Waals surface area contributed by atoms with Crippen LogP contribution in [0.2, 0.25) is 0 Å². The minimum Gasteiger partial charge on any atom is -0.489 e. The van der Waals surface area contributed by atoms with Gasteiger partial charge in [0.15, 0.2) is 5.69 Å². The van der Waals surface area contributed by atoms with Crippen LogP contribution in [0.3, 0.4) is 0 Å². The second kappa shape index (κ2) is 7.79. The zero-order valence-electron chi connectivity index (χ0n) is 14.2. The number of carbonyl (C=O) groups excluding carboxylic acids is 1. The van der Waals surface area contributed by atoms with Gasteiger partial charge in [-0.3, -0.25) is 4.79 Å². The second-order valence-electron chi connectivity index (χ2n) is 5.67. The van der Waals surface area contributed by atoms with Crippen LogP contribution in [0.15, 0.2) is 53.1 Å². The highest BCUT2D eigenvalue weighted by Crippen LogP contribution is 2.20. The number of anilines is 1. The minimum atomic E-state index is -0.422. The second-order valence-corrected chi connectivity index (χ2v) is 5.67. The smallest absolute Gasteiger partial charge is 0.278 e. The lowest BCUT2D eigenvalue weighted by molar-refractivity contribution is 0.101. The van der Waals surface area contributed by atoms with Crippen LogP contribution in [-0.2, 0) is 13.2 Å². The molecule has 0 aliphatic rings. The first-order valence-electron chi connectivity index (χ1n) is 8.00. The topological polar surface area (TPSA) is 90.4 Å². The molecule has 2 aromatic carbocycles. The maximum Gasteiger partial charge on any atom is 0.278 e. The summed E-state index contributed by atoms with van der Waals surface area (Å²) in [5.74, 6) is -0.00831. The number of benzene rings is 2. The molecule has 0 fully saturated rings. The molecule has 1 aromatic heterocycles. The van der Waals surface area contributed by atoms with Crippen molar-refractivity contribution >= 4 is 11.6 Å². The molecule has 0 radical (unpaired) electrons. The van der Waals surface area contributed by atoms with Gasteiger partial charge in [-0.15, -0.1) is 0 Å². The highest BCUT2D eigenvalue weighted by atomic mass is 19.1. The van der Waals surface area contributed by atoms with Crippen molar-refractivity contribution in [3.05, 3.63) is 76.9 Å². The van der Waals surface area contributed by atoms with Gasteiger partial charge in [-0.1, -0.05) is 23.4 Å². The van der Waals surface area contributed by atoms with Crippen LogP contribution in [0.1, 0.15) is 27.4 Å². The fourth-order valence-corrected chi connectivity index (χ4v) is 2.42. The molecule has 6 nitrogen and oxygen atoms in total. The van der Waals surface area contributed by atoms with Gasteiger partial charge in [0.2, 0.25) is 0 Å². The number of rotatable bonds is 6. The van der Waals surface area contributed by atoms with Gasteiger partial charge in [-0.05, 0) is 36.8 Å². The van der Waals surface area contributed by atoms with Gasteiger partial charge in [-0.25, -0.2) is 4.39 Å². The van der Waals surface area contributed by atoms with E-state index in [1.807, 2.05) is 6.07 Å². The van der Waals surface area contributed by atoms with Crippen molar-refractivity contribution in [2.45, 2.75) is 20.1 Å². The molecule has 0 saturated heterocycles. The number of ether oxygens (including phenoxy) is 1. The molecule has 1 heterocycles. The normalized spacial score (nSPS) is 10.6. The Bertz CT molecular complexity index is 924. The number of aryl methyl sites for hydroxylation is 1. The van der Waals surface area contributed by atoms with Gasteiger partial charge in [0.05, 0.1) is 5.56 Å². The quantitative estimate of drug-likeness (QED) is 0.707. The molecule has 0 unspecified atom stereocenters. The van der Waals surface area contributed by atoms with Crippen LogP contribution in [0.5, 0.6) is 5.75 Å². The van der Waals surface area contributed by atoms with E-state index in [0.29, 0.717) is 29.3 Å². The summed E-state index contributed by atoms with van der Waals surface area (Å²) in [4.78, 5) is 12.5. The number of aromatic nitrogens is 1. The first-order chi connectivity index (χ1) is 12.6. The number of nitrogens with one attached hydrogen (secondary N) is 1. The fraction of sp³-hybridized carbons (Fsp3) is 0.158. The maximum absolute atomic E-state index is 13.2. The third-order valence-electron chi connectivity index (χ3n) is 3.80. The molecule has 0 aliphatic carbocycles. The van der Waals surface area contributed by atoms with Gasteiger partial charge < -0.3 is 20.3 Å². The van der Waals surface area contributed by atoms with E-state index in [-0.39, 0.29) is 12.3 Å². The first-order valence-corrected chi connectivity index (χ1v) is 8.00. The largest absolute Gasteiger partial charge is 0.489 e. The highest BCUT2D eigenvalue weighted by Gasteiger charge is 2.20. The number of amides is 1. The molecule has 3 rings (SSSR count). The monoisotopic (exact) mass is 355 g/mol. The van der Waals surface area contributed by atoms with Gasteiger partial charge in [0.1, 0.15) is 23.9 Å². The summed E-state index contributed by atoms with van der Waals surface area (Å²) in [6, 6.07) is 13.0. The number of nitrogens with two attached hydrogens (primary N) is 1. The van der Waals surface area contributed by atoms with Gasteiger partial charge in [0, 0.05) is 18.3 Å². The third kappa shape index (κ3) is 4.07. The van der Waals surface area contributed by atoms with Crippen molar-refractivity contribution in [1.29, 1.82) is 0 Å². The van der Waals surface area contributed by atoms with Crippen LogP contribution >= 0.6 is 0 Å². The van der Waals surface area contributed by atoms with Crippen LogP contribution < -0.4 is 15.8 Å². The predicted molar refractivity (Wildman–Crippen MR) is 94.3 cm³/mol. The molecule has 0 bridgehead atoms. The van der Waals surface area contributed by atoms with Crippen molar-refractivity contribution in [3.8, 4) is 5.75 Å². The fourth-order valence-electron chi connectivity index (χ4n) is 2.42. The molecular weight excluding hydrogens is 337 g/mol. The summed E-state index contributed by atoms with van der Waals surface area (Å²) in [6.07, 6.45) is 0. The molecule has 0 atom stereocenters. The minimum absolute atomic E-state index is 0.0321. The molecule has 26 heavy (non-hydrogen) atoms.